The molecule has 12 heavy (non-hydrogen) atoms. The predicted octanol–water partition coefficient (Wildman–Crippen LogP) is 0.689. The molecule has 1 aliphatic heterocycles. The average molecular weight is 174 g/mol. The van der Waals surface area contributed by atoms with Crippen LogP contribution in [0.2, 0.25) is 0 Å². The Labute approximate surface area is 73.4 Å². The molecular formula is C9H18O3. The Hall–Kier alpha value is -0.120. The second-order valence-electron chi connectivity index (χ2n) is 3.44. The first-order chi connectivity index (χ1) is 5.79. The van der Waals surface area contributed by atoms with Gasteiger partial charge in [0.1, 0.15) is 0 Å². The molecule has 1 saturated carbocycles. The molecule has 1 saturated heterocycles. The van der Waals surface area contributed by atoms with E-state index in [2.05, 4.69) is 0 Å². The zero-order chi connectivity index (χ0) is 8.81. The van der Waals surface area contributed by atoms with Crippen LogP contribution in [0, 0.1) is 0 Å². The van der Waals surface area contributed by atoms with Crippen molar-refractivity contribution in [3.63, 3.8) is 0 Å². The smallest absolute Gasteiger partial charge is 0.0565 e. The quantitative estimate of drug-likeness (QED) is 0.568. The van der Waals surface area contributed by atoms with Gasteiger partial charge in [-0.3, -0.25) is 0 Å². The van der Waals surface area contributed by atoms with Crippen LogP contribution in [0.4, 0.5) is 0 Å². The zero-order valence-corrected chi connectivity index (χ0v) is 7.41. The second-order valence-corrected chi connectivity index (χ2v) is 3.44. The van der Waals surface area contributed by atoms with Crippen molar-refractivity contribution in [2.45, 2.75) is 44.3 Å². The highest BCUT2D eigenvalue weighted by Gasteiger charge is 2.19. The van der Waals surface area contributed by atoms with Crippen LogP contribution in [0.1, 0.15) is 32.1 Å². The zero-order valence-electron chi connectivity index (χ0n) is 7.41. The van der Waals surface area contributed by atoms with E-state index >= 15 is 0 Å². The number of hydrogen-bond donors (Lipinski definition) is 2. The highest BCUT2D eigenvalue weighted by molar-refractivity contribution is 4.72. The van der Waals surface area contributed by atoms with Crippen molar-refractivity contribution in [3.8, 4) is 0 Å². The van der Waals surface area contributed by atoms with Gasteiger partial charge in [0.05, 0.1) is 12.2 Å². The third-order valence-electron chi connectivity index (χ3n) is 2.20. The van der Waals surface area contributed by atoms with Gasteiger partial charge in [0.25, 0.3) is 0 Å². The van der Waals surface area contributed by atoms with Gasteiger partial charge in [-0.25, -0.2) is 0 Å². The molecule has 0 amide bonds. The summed E-state index contributed by atoms with van der Waals surface area (Å²) in [5.74, 6) is 0. The summed E-state index contributed by atoms with van der Waals surface area (Å²) in [5.41, 5.74) is 0. The Morgan fingerprint density at radius 2 is 1.42 bits per heavy atom. The molecule has 2 unspecified atom stereocenters. The van der Waals surface area contributed by atoms with Crippen molar-refractivity contribution in [2.75, 3.05) is 13.2 Å². The molecule has 0 aromatic rings. The first-order valence-electron chi connectivity index (χ1n) is 4.73. The molecule has 3 heteroatoms. The molecule has 72 valence electrons. The van der Waals surface area contributed by atoms with Gasteiger partial charge in [0.15, 0.2) is 0 Å². The fourth-order valence-corrected chi connectivity index (χ4v) is 1.44. The van der Waals surface area contributed by atoms with Crippen molar-refractivity contribution >= 4 is 0 Å². The minimum absolute atomic E-state index is 0.227. The predicted molar refractivity (Wildman–Crippen MR) is 45.9 cm³/mol. The van der Waals surface area contributed by atoms with Gasteiger partial charge in [-0.05, 0) is 32.1 Å². The molecular weight excluding hydrogens is 156 g/mol. The van der Waals surface area contributed by atoms with Gasteiger partial charge in [-0.15, -0.1) is 0 Å². The van der Waals surface area contributed by atoms with Gasteiger partial charge >= 0.3 is 0 Å². The lowest BCUT2D eigenvalue weighted by atomic mass is 10.3. The molecule has 0 aromatic carbocycles. The van der Waals surface area contributed by atoms with Crippen LogP contribution >= 0.6 is 0 Å². The van der Waals surface area contributed by atoms with E-state index in [0.717, 1.165) is 26.1 Å². The van der Waals surface area contributed by atoms with Gasteiger partial charge in [-0.2, -0.15) is 0 Å². The molecule has 3 nitrogen and oxygen atoms in total. The molecule has 1 aliphatic carbocycles. The van der Waals surface area contributed by atoms with E-state index in [0.29, 0.717) is 6.42 Å². The monoisotopic (exact) mass is 174 g/mol. The Bertz CT molecular complexity index is 96.7. The summed E-state index contributed by atoms with van der Waals surface area (Å²) in [5, 5.41) is 17.5. The standard InChI is InChI=1S/C5H10O2.C4H8O/c6-4-1-2-5(7)3-4;1-2-4-5-3-1/h4-7H,1-3H2;1-4H2. The third kappa shape index (κ3) is 4.04. The maximum Gasteiger partial charge on any atom is 0.0565 e. The SMILES string of the molecule is C1CCOC1.OC1CCC(O)C1. The number of hydrogen-bond acceptors (Lipinski definition) is 3. The second kappa shape index (κ2) is 5.51. The first-order valence-corrected chi connectivity index (χ1v) is 4.73. The lowest BCUT2D eigenvalue weighted by Gasteiger charge is -1.95. The topological polar surface area (TPSA) is 49.7 Å². The van der Waals surface area contributed by atoms with E-state index in [9.17, 15) is 0 Å². The molecule has 1 heterocycles. The molecule has 2 fully saturated rings. The van der Waals surface area contributed by atoms with Crippen molar-refractivity contribution in [3.05, 3.63) is 0 Å². The van der Waals surface area contributed by atoms with Crippen molar-refractivity contribution < 1.29 is 14.9 Å². The van der Waals surface area contributed by atoms with E-state index in [-0.39, 0.29) is 12.2 Å². The van der Waals surface area contributed by atoms with Crippen LogP contribution in [0.5, 0.6) is 0 Å². The Balaban J connectivity index is 0.000000127. The molecule has 2 N–H and O–H groups in total. The minimum atomic E-state index is -0.227. The van der Waals surface area contributed by atoms with Crippen LogP contribution in [0.15, 0.2) is 0 Å². The molecule has 2 rings (SSSR count). The summed E-state index contributed by atoms with van der Waals surface area (Å²) in [6.45, 7) is 2.00. The van der Waals surface area contributed by atoms with E-state index in [1.165, 1.54) is 12.8 Å². The summed E-state index contributed by atoms with van der Waals surface area (Å²) >= 11 is 0. The Morgan fingerprint density at radius 1 is 0.917 bits per heavy atom. The summed E-state index contributed by atoms with van der Waals surface area (Å²) in [7, 11) is 0. The van der Waals surface area contributed by atoms with E-state index in [4.69, 9.17) is 14.9 Å². The van der Waals surface area contributed by atoms with Crippen LogP contribution in [-0.4, -0.2) is 35.6 Å². The highest BCUT2D eigenvalue weighted by atomic mass is 16.5. The summed E-state index contributed by atoms with van der Waals surface area (Å²) < 4.78 is 4.94. The molecule has 0 bridgehead atoms. The van der Waals surface area contributed by atoms with Crippen LogP contribution < -0.4 is 0 Å². The molecule has 2 aliphatic rings. The maximum atomic E-state index is 8.74. The molecule has 0 radical (unpaired) electrons. The largest absolute Gasteiger partial charge is 0.393 e. The van der Waals surface area contributed by atoms with Crippen LogP contribution in [-0.2, 0) is 4.74 Å². The van der Waals surface area contributed by atoms with Crippen LogP contribution in [0.3, 0.4) is 0 Å². The Morgan fingerprint density at radius 3 is 1.58 bits per heavy atom. The minimum Gasteiger partial charge on any atom is -0.393 e. The van der Waals surface area contributed by atoms with E-state index in [1.807, 2.05) is 0 Å². The fraction of sp³-hybridized carbons (Fsp3) is 1.00. The summed E-state index contributed by atoms with van der Waals surface area (Å²) in [4.78, 5) is 0. The molecule has 0 aromatic heterocycles. The molecule has 2 atom stereocenters. The average Bonchev–Trinajstić information content (AvgIpc) is 2.63. The van der Waals surface area contributed by atoms with Crippen molar-refractivity contribution in [1.82, 2.24) is 0 Å². The van der Waals surface area contributed by atoms with Gasteiger partial charge < -0.3 is 14.9 Å². The number of aliphatic hydroxyl groups is 2. The molecule has 0 spiro atoms. The first kappa shape index (κ1) is 9.96. The van der Waals surface area contributed by atoms with Crippen molar-refractivity contribution in [2.24, 2.45) is 0 Å². The van der Waals surface area contributed by atoms with Crippen molar-refractivity contribution in [1.29, 1.82) is 0 Å². The van der Waals surface area contributed by atoms with Gasteiger partial charge in [0.2, 0.25) is 0 Å². The third-order valence-corrected chi connectivity index (χ3v) is 2.20. The maximum absolute atomic E-state index is 8.74. The summed E-state index contributed by atoms with van der Waals surface area (Å²) in [6.07, 6.45) is 4.24. The van der Waals surface area contributed by atoms with Crippen LogP contribution in [0.25, 0.3) is 0 Å². The number of ether oxygens (including phenoxy) is 1. The fourth-order valence-electron chi connectivity index (χ4n) is 1.44. The number of aliphatic hydroxyl groups excluding tert-OH is 2. The van der Waals surface area contributed by atoms with Gasteiger partial charge in [-0.1, -0.05) is 0 Å². The lowest BCUT2D eigenvalue weighted by Crippen LogP contribution is -2.02. The number of rotatable bonds is 0. The summed E-state index contributed by atoms with van der Waals surface area (Å²) in [6, 6.07) is 0. The highest BCUT2D eigenvalue weighted by Crippen LogP contribution is 2.17. The normalized spacial score (nSPS) is 34.5. The van der Waals surface area contributed by atoms with E-state index < -0.39 is 0 Å². The lowest BCUT2D eigenvalue weighted by molar-refractivity contribution is 0.137. The van der Waals surface area contributed by atoms with E-state index in [1.54, 1.807) is 0 Å². The Kier molecular flexibility index (Phi) is 4.58. The van der Waals surface area contributed by atoms with Gasteiger partial charge in [0, 0.05) is 13.2 Å².